The van der Waals surface area contributed by atoms with Gasteiger partial charge in [0.05, 0.1) is 10.2 Å². The molecular formula is C8H9BrN2O2. The van der Waals surface area contributed by atoms with Crippen molar-refractivity contribution in [1.29, 1.82) is 0 Å². The number of hydrogen-bond donors (Lipinski definition) is 2. The first kappa shape index (κ1) is 8.65. The van der Waals surface area contributed by atoms with Crippen molar-refractivity contribution < 1.29 is 9.47 Å². The summed E-state index contributed by atoms with van der Waals surface area (Å²) >= 11 is 3.37. The number of nitrogens with one attached hydrogen (secondary N) is 1. The number of nitrogens with two attached hydrogens (primary N) is 1. The monoisotopic (exact) mass is 244 g/mol. The van der Waals surface area contributed by atoms with Crippen molar-refractivity contribution in [2.45, 2.75) is 0 Å². The van der Waals surface area contributed by atoms with Gasteiger partial charge in [0, 0.05) is 6.07 Å². The van der Waals surface area contributed by atoms with Gasteiger partial charge in [-0.2, -0.15) is 0 Å². The lowest BCUT2D eigenvalue weighted by Gasteiger charge is -2.20. The molecule has 0 radical (unpaired) electrons. The maximum atomic E-state index is 5.41. The third-order valence-electron chi connectivity index (χ3n) is 1.76. The zero-order valence-electron chi connectivity index (χ0n) is 6.84. The molecule has 5 heteroatoms. The molecule has 0 bridgehead atoms. The van der Waals surface area contributed by atoms with E-state index < -0.39 is 0 Å². The second-order valence-corrected chi connectivity index (χ2v) is 3.48. The number of hydrazine groups is 1. The Kier molecular flexibility index (Phi) is 2.28. The lowest BCUT2D eigenvalue weighted by atomic mass is 10.2. The number of halogens is 1. The van der Waals surface area contributed by atoms with Crippen LogP contribution in [0.4, 0.5) is 5.69 Å². The van der Waals surface area contributed by atoms with Gasteiger partial charge in [-0.3, -0.25) is 5.84 Å². The van der Waals surface area contributed by atoms with Gasteiger partial charge in [0.1, 0.15) is 13.2 Å². The molecule has 4 nitrogen and oxygen atoms in total. The Bertz CT molecular complexity index is 330. The second kappa shape index (κ2) is 3.43. The second-order valence-electron chi connectivity index (χ2n) is 2.63. The van der Waals surface area contributed by atoms with Crippen molar-refractivity contribution >= 4 is 21.6 Å². The maximum Gasteiger partial charge on any atom is 0.175 e. The predicted molar refractivity (Wildman–Crippen MR) is 52.9 cm³/mol. The average molecular weight is 245 g/mol. The minimum Gasteiger partial charge on any atom is -0.486 e. The van der Waals surface area contributed by atoms with Gasteiger partial charge in [-0.15, -0.1) is 0 Å². The summed E-state index contributed by atoms with van der Waals surface area (Å²) in [7, 11) is 0. The Morgan fingerprint density at radius 1 is 1.31 bits per heavy atom. The molecule has 0 fully saturated rings. The number of fused-ring (bicyclic) bond motifs is 1. The van der Waals surface area contributed by atoms with Gasteiger partial charge in [-0.05, 0) is 22.0 Å². The van der Waals surface area contributed by atoms with Gasteiger partial charge in [0.2, 0.25) is 0 Å². The van der Waals surface area contributed by atoms with Crippen molar-refractivity contribution in [1.82, 2.24) is 0 Å². The van der Waals surface area contributed by atoms with E-state index >= 15 is 0 Å². The predicted octanol–water partition coefficient (Wildman–Crippen LogP) is 1.51. The van der Waals surface area contributed by atoms with Gasteiger partial charge >= 0.3 is 0 Å². The van der Waals surface area contributed by atoms with Crippen molar-refractivity contribution in [3.05, 3.63) is 16.6 Å². The van der Waals surface area contributed by atoms with Gasteiger partial charge < -0.3 is 14.9 Å². The molecule has 1 heterocycles. The lowest BCUT2D eigenvalue weighted by Crippen LogP contribution is -2.16. The Labute approximate surface area is 84.1 Å². The summed E-state index contributed by atoms with van der Waals surface area (Å²) in [6.07, 6.45) is 0. The fraction of sp³-hybridized carbons (Fsp3) is 0.250. The van der Waals surface area contributed by atoms with Crippen LogP contribution in [0, 0.1) is 0 Å². The zero-order valence-corrected chi connectivity index (χ0v) is 8.43. The zero-order chi connectivity index (χ0) is 9.26. The Morgan fingerprint density at radius 2 is 2.08 bits per heavy atom. The fourth-order valence-electron chi connectivity index (χ4n) is 1.19. The largest absolute Gasteiger partial charge is 0.486 e. The highest BCUT2D eigenvalue weighted by Crippen LogP contribution is 2.39. The standard InChI is InChI=1S/C8H9BrN2O2/c9-6-3-5(11-10)4-7-8(6)13-2-1-12-7/h3-4,11H,1-2,10H2. The molecule has 0 amide bonds. The van der Waals surface area contributed by atoms with E-state index in [-0.39, 0.29) is 0 Å². The third-order valence-corrected chi connectivity index (χ3v) is 2.35. The minimum absolute atomic E-state index is 0.577. The van der Waals surface area contributed by atoms with Crippen LogP contribution < -0.4 is 20.7 Å². The van der Waals surface area contributed by atoms with E-state index in [4.69, 9.17) is 15.3 Å². The molecule has 1 aliphatic heterocycles. The number of nitrogen functional groups attached to an aromatic ring is 1. The van der Waals surface area contributed by atoms with Crippen LogP contribution in [-0.2, 0) is 0 Å². The molecule has 1 aromatic rings. The first-order valence-electron chi connectivity index (χ1n) is 3.87. The molecule has 3 N–H and O–H groups in total. The van der Waals surface area contributed by atoms with Crippen LogP contribution in [0.25, 0.3) is 0 Å². The van der Waals surface area contributed by atoms with Crippen molar-refractivity contribution in [3.8, 4) is 11.5 Å². The quantitative estimate of drug-likeness (QED) is 0.581. The van der Waals surface area contributed by atoms with E-state index in [1.165, 1.54) is 0 Å². The van der Waals surface area contributed by atoms with Crippen molar-refractivity contribution in [2.24, 2.45) is 5.84 Å². The molecule has 0 spiro atoms. The molecule has 13 heavy (non-hydrogen) atoms. The van der Waals surface area contributed by atoms with E-state index in [2.05, 4.69) is 21.4 Å². The van der Waals surface area contributed by atoms with Crippen LogP contribution in [-0.4, -0.2) is 13.2 Å². The van der Waals surface area contributed by atoms with E-state index in [0.717, 1.165) is 15.9 Å². The highest BCUT2D eigenvalue weighted by Gasteiger charge is 2.15. The summed E-state index contributed by atoms with van der Waals surface area (Å²) in [5, 5.41) is 0. The number of rotatable bonds is 1. The van der Waals surface area contributed by atoms with Gasteiger partial charge in [0.15, 0.2) is 11.5 Å². The number of benzene rings is 1. The molecular weight excluding hydrogens is 236 g/mol. The fourth-order valence-corrected chi connectivity index (χ4v) is 1.75. The summed E-state index contributed by atoms with van der Waals surface area (Å²) in [4.78, 5) is 0. The van der Waals surface area contributed by atoms with Gasteiger partial charge in [0.25, 0.3) is 0 Å². The van der Waals surface area contributed by atoms with Crippen LogP contribution in [0.3, 0.4) is 0 Å². The summed E-state index contributed by atoms with van der Waals surface area (Å²) in [6.45, 7) is 1.16. The highest BCUT2D eigenvalue weighted by molar-refractivity contribution is 9.10. The summed E-state index contributed by atoms with van der Waals surface area (Å²) < 4.78 is 11.7. The van der Waals surface area contributed by atoms with E-state index in [1.54, 1.807) is 6.07 Å². The number of hydrogen-bond acceptors (Lipinski definition) is 4. The van der Waals surface area contributed by atoms with Crippen molar-refractivity contribution in [3.63, 3.8) is 0 Å². The lowest BCUT2D eigenvalue weighted by molar-refractivity contribution is 0.170. The highest BCUT2D eigenvalue weighted by atomic mass is 79.9. The molecule has 0 saturated carbocycles. The van der Waals surface area contributed by atoms with Crippen LogP contribution in [0.1, 0.15) is 0 Å². The first-order valence-corrected chi connectivity index (χ1v) is 4.66. The van der Waals surface area contributed by atoms with Crippen LogP contribution in [0.15, 0.2) is 16.6 Å². The minimum atomic E-state index is 0.577. The Hall–Kier alpha value is -0.940. The average Bonchev–Trinajstić information content (AvgIpc) is 2.18. The topological polar surface area (TPSA) is 56.5 Å². The van der Waals surface area contributed by atoms with Crippen molar-refractivity contribution in [2.75, 3.05) is 18.6 Å². The molecule has 0 atom stereocenters. The Morgan fingerprint density at radius 3 is 2.85 bits per heavy atom. The number of anilines is 1. The molecule has 1 aliphatic rings. The van der Waals surface area contributed by atoms with E-state index in [9.17, 15) is 0 Å². The molecule has 1 aromatic carbocycles. The van der Waals surface area contributed by atoms with Crippen LogP contribution in [0.5, 0.6) is 11.5 Å². The molecule has 2 rings (SSSR count). The normalized spacial score (nSPS) is 14.0. The Balaban J connectivity index is 2.47. The third kappa shape index (κ3) is 1.57. The van der Waals surface area contributed by atoms with Gasteiger partial charge in [-0.25, -0.2) is 0 Å². The van der Waals surface area contributed by atoms with E-state index in [1.807, 2.05) is 6.07 Å². The first-order chi connectivity index (χ1) is 6.31. The summed E-state index contributed by atoms with van der Waals surface area (Å²) in [5.41, 5.74) is 3.34. The molecule has 0 aromatic heterocycles. The SMILES string of the molecule is NNc1cc(Br)c2c(c1)OCCO2. The van der Waals surface area contributed by atoms with Gasteiger partial charge in [-0.1, -0.05) is 0 Å². The molecule has 0 aliphatic carbocycles. The molecule has 0 saturated heterocycles. The van der Waals surface area contributed by atoms with Crippen LogP contribution in [0.2, 0.25) is 0 Å². The molecule has 70 valence electrons. The molecule has 0 unspecified atom stereocenters. The summed E-state index contributed by atoms with van der Waals surface area (Å²) in [6, 6.07) is 3.65. The maximum absolute atomic E-state index is 5.41. The number of ether oxygens (including phenoxy) is 2. The summed E-state index contributed by atoms with van der Waals surface area (Å²) in [5.74, 6) is 6.74. The van der Waals surface area contributed by atoms with E-state index in [0.29, 0.717) is 19.0 Å². The smallest absolute Gasteiger partial charge is 0.175 e. The van der Waals surface area contributed by atoms with Crippen LogP contribution >= 0.6 is 15.9 Å².